The van der Waals surface area contributed by atoms with Crippen LogP contribution in [-0.4, -0.2) is 39.0 Å². The zero-order valence-corrected chi connectivity index (χ0v) is 20.2. The number of aromatic nitrogens is 1. The molecule has 0 aliphatic heterocycles. The number of nitrogens with one attached hydrogen (secondary N) is 3. The van der Waals surface area contributed by atoms with Crippen LogP contribution in [0.1, 0.15) is 23.2 Å². The number of thiazole rings is 1. The summed E-state index contributed by atoms with van der Waals surface area (Å²) < 4.78 is 64.7. The lowest BCUT2D eigenvalue weighted by Crippen LogP contribution is -2.41. The van der Waals surface area contributed by atoms with Crippen molar-refractivity contribution in [2.45, 2.75) is 31.5 Å². The van der Waals surface area contributed by atoms with Gasteiger partial charge in [-0.2, -0.15) is 13.2 Å². The first-order valence-corrected chi connectivity index (χ1v) is 11.1. The fourth-order valence-electron chi connectivity index (χ4n) is 2.17. The second-order valence-electron chi connectivity index (χ2n) is 5.96. The van der Waals surface area contributed by atoms with Gasteiger partial charge in [0.15, 0.2) is 11.7 Å². The SMILES string of the molecule is CCNC(=NCc1nc(C(F)(F)F)cs1)NCCNS(=O)(=O)c1ccc(C)cc1.I. The van der Waals surface area contributed by atoms with Gasteiger partial charge in [0.2, 0.25) is 10.0 Å². The maximum atomic E-state index is 12.6. The monoisotopic (exact) mass is 577 g/mol. The molecular weight excluding hydrogens is 554 g/mol. The lowest BCUT2D eigenvalue weighted by molar-refractivity contribution is -0.140. The molecule has 0 fully saturated rings. The number of halogens is 4. The van der Waals surface area contributed by atoms with Gasteiger partial charge in [-0.05, 0) is 26.0 Å². The molecule has 1 aromatic carbocycles. The van der Waals surface area contributed by atoms with Gasteiger partial charge < -0.3 is 10.6 Å². The van der Waals surface area contributed by atoms with Crippen LogP contribution in [0.2, 0.25) is 0 Å². The molecule has 0 saturated heterocycles. The average molecular weight is 577 g/mol. The molecule has 7 nitrogen and oxygen atoms in total. The first-order chi connectivity index (χ1) is 13.6. The fraction of sp³-hybridized carbons (Fsp3) is 0.412. The van der Waals surface area contributed by atoms with Crippen LogP contribution in [-0.2, 0) is 22.7 Å². The molecule has 3 N–H and O–H groups in total. The van der Waals surface area contributed by atoms with Gasteiger partial charge in [-0.15, -0.1) is 35.3 Å². The quantitative estimate of drug-likeness (QED) is 0.194. The highest BCUT2D eigenvalue weighted by Crippen LogP contribution is 2.30. The van der Waals surface area contributed by atoms with Crippen molar-refractivity contribution in [2.75, 3.05) is 19.6 Å². The molecule has 30 heavy (non-hydrogen) atoms. The summed E-state index contributed by atoms with van der Waals surface area (Å²) in [7, 11) is -3.62. The zero-order valence-electron chi connectivity index (χ0n) is 16.3. The van der Waals surface area contributed by atoms with E-state index in [1.807, 2.05) is 13.8 Å². The van der Waals surface area contributed by atoms with Crippen LogP contribution < -0.4 is 15.4 Å². The Morgan fingerprint density at radius 1 is 1.17 bits per heavy atom. The number of hydrogen-bond donors (Lipinski definition) is 3. The minimum absolute atomic E-state index is 0. The van der Waals surface area contributed by atoms with Gasteiger partial charge in [-0.1, -0.05) is 17.7 Å². The highest BCUT2D eigenvalue weighted by Gasteiger charge is 2.33. The average Bonchev–Trinajstić information content (AvgIpc) is 3.13. The predicted molar refractivity (Wildman–Crippen MR) is 122 cm³/mol. The van der Waals surface area contributed by atoms with Crippen LogP contribution in [0.15, 0.2) is 39.5 Å². The van der Waals surface area contributed by atoms with E-state index >= 15 is 0 Å². The molecule has 2 aromatic rings. The molecule has 0 spiro atoms. The van der Waals surface area contributed by atoms with Crippen molar-refractivity contribution in [2.24, 2.45) is 4.99 Å². The Hall–Kier alpha value is -1.45. The third-order valence-electron chi connectivity index (χ3n) is 3.60. The van der Waals surface area contributed by atoms with Gasteiger partial charge >= 0.3 is 6.18 Å². The molecule has 0 aliphatic carbocycles. The molecule has 2 rings (SSSR count). The van der Waals surface area contributed by atoms with Crippen molar-refractivity contribution in [1.29, 1.82) is 0 Å². The lowest BCUT2D eigenvalue weighted by atomic mass is 10.2. The van der Waals surface area contributed by atoms with Gasteiger partial charge in [0.1, 0.15) is 5.01 Å². The maximum absolute atomic E-state index is 12.6. The van der Waals surface area contributed by atoms with Crippen molar-refractivity contribution >= 4 is 51.3 Å². The van der Waals surface area contributed by atoms with E-state index < -0.39 is 21.9 Å². The van der Waals surface area contributed by atoms with Crippen molar-refractivity contribution in [1.82, 2.24) is 20.3 Å². The van der Waals surface area contributed by atoms with Gasteiger partial charge in [0.25, 0.3) is 0 Å². The van der Waals surface area contributed by atoms with E-state index in [0.717, 1.165) is 22.3 Å². The van der Waals surface area contributed by atoms with Crippen molar-refractivity contribution in [3.05, 3.63) is 45.9 Å². The van der Waals surface area contributed by atoms with E-state index in [9.17, 15) is 21.6 Å². The molecule has 0 aliphatic rings. The summed E-state index contributed by atoms with van der Waals surface area (Å²) in [5.41, 5.74) is 0.0240. The Bertz CT molecular complexity index is 932. The zero-order chi connectivity index (χ0) is 21.5. The predicted octanol–water partition coefficient (Wildman–Crippen LogP) is 3.12. The van der Waals surface area contributed by atoms with E-state index in [1.54, 1.807) is 12.1 Å². The normalized spacial score (nSPS) is 12.4. The second-order valence-corrected chi connectivity index (χ2v) is 8.67. The van der Waals surface area contributed by atoms with E-state index in [-0.39, 0.29) is 53.5 Å². The van der Waals surface area contributed by atoms with Crippen LogP contribution >= 0.6 is 35.3 Å². The van der Waals surface area contributed by atoms with E-state index in [1.165, 1.54) is 12.1 Å². The summed E-state index contributed by atoms with van der Waals surface area (Å²) in [6, 6.07) is 6.48. The molecule has 0 amide bonds. The molecule has 1 heterocycles. The van der Waals surface area contributed by atoms with E-state index in [2.05, 4.69) is 25.3 Å². The topological polar surface area (TPSA) is 95.5 Å². The third-order valence-corrected chi connectivity index (χ3v) is 5.91. The number of rotatable bonds is 8. The number of alkyl halides is 3. The molecule has 0 unspecified atom stereocenters. The summed E-state index contributed by atoms with van der Waals surface area (Å²) in [6.45, 7) is 4.56. The standard InChI is InChI=1S/C17H22F3N5O2S2.HI/c1-3-21-16(23-10-15-25-14(11-28-15)17(18,19)20)22-8-9-24-29(26,27)13-6-4-12(2)5-7-13;/h4-7,11,24H,3,8-10H2,1-2H3,(H2,21,22,23);1H. The largest absolute Gasteiger partial charge is 0.434 e. The number of benzene rings is 1. The van der Waals surface area contributed by atoms with Crippen molar-refractivity contribution in [3.8, 4) is 0 Å². The summed E-state index contributed by atoms with van der Waals surface area (Å²) >= 11 is 0.881. The Labute approximate surface area is 194 Å². The lowest BCUT2D eigenvalue weighted by Gasteiger charge is -2.12. The van der Waals surface area contributed by atoms with Crippen LogP contribution in [0.25, 0.3) is 0 Å². The maximum Gasteiger partial charge on any atom is 0.434 e. The van der Waals surface area contributed by atoms with Gasteiger partial charge in [0.05, 0.1) is 11.4 Å². The minimum Gasteiger partial charge on any atom is -0.357 e. The van der Waals surface area contributed by atoms with Gasteiger partial charge in [-0.3, -0.25) is 0 Å². The number of guanidine groups is 1. The second kappa shape index (κ2) is 11.8. The van der Waals surface area contributed by atoms with E-state index in [4.69, 9.17) is 0 Å². The molecular formula is C17H23F3IN5O2S2. The summed E-state index contributed by atoms with van der Waals surface area (Å²) in [5, 5.41) is 7.05. The highest BCUT2D eigenvalue weighted by atomic mass is 127. The molecule has 0 atom stereocenters. The number of hydrogen-bond acceptors (Lipinski definition) is 5. The summed E-state index contributed by atoms with van der Waals surface area (Å²) in [4.78, 5) is 7.87. The number of nitrogens with zero attached hydrogens (tertiary/aromatic N) is 2. The Morgan fingerprint density at radius 2 is 1.83 bits per heavy atom. The first kappa shape index (κ1) is 26.6. The molecule has 0 bridgehead atoms. The van der Waals surface area contributed by atoms with Crippen LogP contribution in [0, 0.1) is 6.92 Å². The van der Waals surface area contributed by atoms with Gasteiger partial charge in [-0.25, -0.2) is 23.1 Å². The number of aryl methyl sites for hydroxylation is 1. The number of aliphatic imine (C=N–C) groups is 1. The summed E-state index contributed by atoms with van der Waals surface area (Å²) in [5.74, 6) is 0.353. The first-order valence-electron chi connectivity index (χ1n) is 8.72. The van der Waals surface area contributed by atoms with Crippen LogP contribution in [0.4, 0.5) is 13.2 Å². The Balaban J connectivity index is 0.00000450. The smallest absolute Gasteiger partial charge is 0.357 e. The highest BCUT2D eigenvalue weighted by molar-refractivity contribution is 14.0. The molecule has 13 heteroatoms. The minimum atomic E-state index is -4.48. The van der Waals surface area contributed by atoms with Gasteiger partial charge in [0, 0.05) is 25.0 Å². The van der Waals surface area contributed by atoms with Crippen LogP contribution in [0.5, 0.6) is 0 Å². The Kier molecular flexibility index (Phi) is 10.5. The number of sulfonamides is 1. The third kappa shape index (κ3) is 8.35. The Morgan fingerprint density at radius 3 is 2.40 bits per heavy atom. The van der Waals surface area contributed by atoms with Crippen LogP contribution in [0.3, 0.4) is 0 Å². The van der Waals surface area contributed by atoms with Crippen molar-refractivity contribution in [3.63, 3.8) is 0 Å². The molecule has 0 radical (unpaired) electrons. The summed E-state index contributed by atoms with van der Waals surface area (Å²) in [6.07, 6.45) is -4.48. The molecule has 168 valence electrons. The fourth-order valence-corrected chi connectivity index (χ4v) is 3.93. The molecule has 0 saturated carbocycles. The van der Waals surface area contributed by atoms with Crippen molar-refractivity contribution < 1.29 is 21.6 Å². The molecule has 1 aromatic heterocycles. The van der Waals surface area contributed by atoms with E-state index in [0.29, 0.717) is 12.5 Å².